The fourth-order valence-electron chi connectivity index (χ4n) is 2.09. The van der Waals surface area contributed by atoms with E-state index in [0.717, 1.165) is 16.3 Å². The molecule has 0 radical (unpaired) electrons. The first-order valence-corrected chi connectivity index (χ1v) is 8.03. The number of benzene rings is 2. The van der Waals surface area contributed by atoms with E-state index < -0.39 is 0 Å². The number of hydrogen-bond acceptors (Lipinski definition) is 3. The molecule has 0 amide bonds. The second kappa shape index (κ2) is 6.50. The molecule has 112 valence electrons. The smallest absolute Gasteiger partial charge is 0.191 e. The molecule has 0 fully saturated rings. The maximum atomic E-state index is 13.2. The van der Waals surface area contributed by atoms with Crippen LogP contribution >= 0.6 is 23.4 Å². The van der Waals surface area contributed by atoms with Crippen molar-refractivity contribution in [1.82, 2.24) is 14.8 Å². The third-order valence-electron chi connectivity index (χ3n) is 3.21. The van der Waals surface area contributed by atoms with Gasteiger partial charge in [0.15, 0.2) is 11.0 Å². The Labute approximate surface area is 137 Å². The zero-order valence-electron chi connectivity index (χ0n) is 11.8. The monoisotopic (exact) mass is 333 g/mol. The Morgan fingerprint density at radius 2 is 1.95 bits per heavy atom. The Kier molecular flexibility index (Phi) is 4.45. The minimum absolute atomic E-state index is 0.229. The van der Waals surface area contributed by atoms with Crippen LogP contribution in [0.2, 0.25) is 5.02 Å². The molecule has 0 aliphatic carbocycles. The molecule has 0 N–H and O–H groups in total. The zero-order chi connectivity index (χ0) is 15.5. The second-order valence-electron chi connectivity index (χ2n) is 4.76. The van der Waals surface area contributed by atoms with Gasteiger partial charge < -0.3 is 4.57 Å². The molecule has 0 unspecified atom stereocenters. The summed E-state index contributed by atoms with van der Waals surface area (Å²) in [7, 11) is 1.90. The summed E-state index contributed by atoms with van der Waals surface area (Å²) in [6.07, 6.45) is 0. The van der Waals surface area contributed by atoms with Crippen LogP contribution in [0, 0.1) is 5.82 Å². The highest BCUT2D eigenvalue weighted by molar-refractivity contribution is 7.98. The van der Waals surface area contributed by atoms with Crippen molar-refractivity contribution in [3.8, 4) is 11.4 Å². The first kappa shape index (κ1) is 15.1. The molecule has 22 heavy (non-hydrogen) atoms. The van der Waals surface area contributed by atoms with E-state index in [-0.39, 0.29) is 5.82 Å². The minimum atomic E-state index is -0.229. The Balaban J connectivity index is 1.81. The fourth-order valence-corrected chi connectivity index (χ4v) is 3.17. The van der Waals surface area contributed by atoms with Crippen LogP contribution in [0.15, 0.2) is 53.7 Å². The summed E-state index contributed by atoms with van der Waals surface area (Å²) in [4.78, 5) is 0. The van der Waals surface area contributed by atoms with E-state index >= 15 is 0 Å². The molecule has 0 bridgehead atoms. The van der Waals surface area contributed by atoms with Gasteiger partial charge in [-0.05, 0) is 29.8 Å². The van der Waals surface area contributed by atoms with Crippen LogP contribution in [-0.2, 0) is 12.8 Å². The van der Waals surface area contributed by atoms with Crippen molar-refractivity contribution in [2.24, 2.45) is 7.05 Å². The van der Waals surface area contributed by atoms with Gasteiger partial charge >= 0.3 is 0 Å². The Morgan fingerprint density at radius 3 is 2.73 bits per heavy atom. The average molecular weight is 334 g/mol. The predicted octanol–water partition coefficient (Wildman–Crippen LogP) is 4.57. The summed E-state index contributed by atoms with van der Waals surface area (Å²) < 4.78 is 15.1. The highest BCUT2D eigenvalue weighted by atomic mass is 35.5. The topological polar surface area (TPSA) is 30.7 Å². The average Bonchev–Trinajstić information content (AvgIpc) is 2.87. The van der Waals surface area contributed by atoms with Crippen molar-refractivity contribution in [1.29, 1.82) is 0 Å². The van der Waals surface area contributed by atoms with Gasteiger partial charge in [0.25, 0.3) is 0 Å². The van der Waals surface area contributed by atoms with Gasteiger partial charge in [0, 0.05) is 18.4 Å². The van der Waals surface area contributed by atoms with Crippen molar-refractivity contribution in [2.75, 3.05) is 0 Å². The molecule has 1 heterocycles. The van der Waals surface area contributed by atoms with E-state index in [2.05, 4.69) is 10.2 Å². The lowest BCUT2D eigenvalue weighted by Crippen LogP contribution is -1.95. The number of halogens is 2. The van der Waals surface area contributed by atoms with Gasteiger partial charge in [-0.1, -0.05) is 47.6 Å². The van der Waals surface area contributed by atoms with Crippen molar-refractivity contribution < 1.29 is 4.39 Å². The van der Waals surface area contributed by atoms with E-state index in [1.165, 1.54) is 23.9 Å². The summed E-state index contributed by atoms with van der Waals surface area (Å²) in [5.74, 6) is 1.12. The van der Waals surface area contributed by atoms with E-state index in [1.807, 2.05) is 41.9 Å². The Morgan fingerprint density at radius 1 is 1.14 bits per heavy atom. The number of nitrogens with zero attached hydrogens (tertiary/aromatic N) is 3. The lowest BCUT2D eigenvalue weighted by Gasteiger charge is -2.05. The molecule has 2 aromatic carbocycles. The zero-order valence-corrected chi connectivity index (χ0v) is 13.4. The number of hydrogen-bond donors (Lipinski definition) is 0. The van der Waals surface area contributed by atoms with E-state index in [1.54, 1.807) is 6.07 Å². The van der Waals surface area contributed by atoms with Crippen molar-refractivity contribution in [2.45, 2.75) is 10.9 Å². The van der Waals surface area contributed by atoms with Gasteiger partial charge in [-0.25, -0.2) is 4.39 Å². The maximum absolute atomic E-state index is 13.2. The predicted molar refractivity (Wildman–Crippen MR) is 87.4 cm³/mol. The summed E-state index contributed by atoms with van der Waals surface area (Å²) >= 11 is 7.71. The first-order chi connectivity index (χ1) is 10.6. The molecule has 0 spiro atoms. The molecule has 3 rings (SSSR count). The normalized spacial score (nSPS) is 10.9. The van der Waals surface area contributed by atoms with Gasteiger partial charge in [-0.2, -0.15) is 0 Å². The van der Waals surface area contributed by atoms with Gasteiger partial charge in [0.1, 0.15) is 5.82 Å². The summed E-state index contributed by atoms with van der Waals surface area (Å²) in [5, 5.41) is 9.81. The van der Waals surface area contributed by atoms with Crippen molar-refractivity contribution in [3.63, 3.8) is 0 Å². The molecule has 1 aromatic heterocycles. The summed E-state index contributed by atoms with van der Waals surface area (Å²) in [5.41, 5.74) is 1.75. The van der Waals surface area contributed by atoms with E-state index in [4.69, 9.17) is 11.6 Å². The summed E-state index contributed by atoms with van der Waals surface area (Å²) in [6, 6.07) is 14.1. The third-order valence-corrected chi connectivity index (χ3v) is 4.63. The van der Waals surface area contributed by atoms with Gasteiger partial charge in [0.05, 0.1) is 5.02 Å². The Bertz CT molecular complexity index is 804. The Hall–Kier alpha value is -1.85. The van der Waals surface area contributed by atoms with Crippen LogP contribution in [0.25, 0.3) is 11.4 Å². The van der Waals surface area contributed by atoms with Crippen LogP contribution < -0.4 is 0 Å². The van der Waals surface area contributed by atoms with Crippen molar-refractivity contribution >= 4 is 23.4 Å². The minimum Gasteiger partial charge on any atom is -0.305 e. The fraction of sp³-hybridized carbons (Fsp3) is 0.125. The van der Waals surface area contributed by atoms with Crippen LogP contribution in [0.3, 0.4) is 0 Å². The quantitative estimate of drug-likeness (QED) is 0.655. The lowest BCUT2D eigenvalue weighted by molar-refractivity contribution is 0.626. The molecule has 3 nitrogen and oxygen atoms in total. The molecule has 0 aliphatic rings. The van der Waals surface area contributed by atoms with Crippen LogP contribution in [-0.4, -0.2) is 14.8 Å². The maximum Gasteiger partial charge on any atom is 0.191 e. The molecular formula is C16H13ClFN3S. The largest absolute Gasteiger partial charge is 0.305 e. The molecular weight excluding hydrogens is 321 g/mol. The molecule has 3 aromatic rings. The number of aromatic nitrogens is 3. The van der Waals surface area contributed by atoms with Gasteiger partial charge in [0.2, 0.25) is 0 Å². The molecule has 0 aliphatic heterocycles. The number of rotatable bonds is 4. The highest BCUT2D eigenvalue weighted by Crippen LogP contribution is 2.29. The van der Waals surface area contributed by atoms with Crippen LogP contribution in [0.1, 0.15) is 5.56 Å². The van der Waals surface area contributed by atoms with Crippen LogP contribution in [0.5, 0.6) is 0 Å². The third kappa shape index (κ3) is 3.15. The molecule has 6 heteroatoms. The number of thioether (sulfide) groups is 1. The lowest BCUT2D eigenvalue weighted by atomic mass is 10.2. The van der Waals surface area contributed by atoms with Crippen molar-refractivity contribution in [3.05, 3.63) is 64.9 Å². The SMILES string of the molecule is Cn1c(SCc2cccc(F)c2)nnc1-c1ccccc1Cl. The molecule has 0 saturated heterocycles. The highest BCUT2D eigenvalue weighted by Gasteiger charge is 2.13. The first-order valence-electron chi connectivity index (χ1n) is 6.66. The van der Waals surface area contributed by atoms with Gasteiger partial charge in [-0.3, -0.25) is 0 Å². The van der Waals surface area contributed by atoms with Crippen LogP contribution in [0.4, 0.5) is 4.39 Å². The summed E-state index contributed by atoms with van der Waals surface area (Å²) in [6.45, 7) is 0. The molecule has 0 atom stereocenters. The standard InChI is InChI=1S/C16H13ClFN3S/c1-21-15(13-7-2-3-8-14(13)17)19-20-16(21)22-10-11-5-4-6-12(18)9-11/h2-9H,10H2,1H3. The molecule has 0 saturated carbocycles. The second-order valence-corrected chi connectivity index (χ2v) is 6.11. The van der Waals surface area contributed by atoms with E-state index in [0.29, 0.717) is 16.6 Å². The van der Waals surface area contributed by atoms with Gasteiger partial charge in [-0.15, -0.1) is 10.2 Å². The van der Waals surface area contributed by atoms with E-state index in [9.17, 15) is 4.39 Å².